The normalized spacial score (nSPS) is 10.6. The van der Waals surface area contributed by atoms with Gasteiger partial charge in [0.15, 0.2) is 0 Å². The Bertz CT molecular complexity index is 438. The van der Waals surface area contributed by atoms with Gasteiger partial charge in [-0.05, 0) is 18.4 Å². The van der Waals surface area contributed by atoms with E-state index in [9.17, 15) is 10.1 Å². The average molecular weight is 282 g/mol. The van der Waals surface area contributed by atoms with E-state index in [-0.39, 0.29) is 5.69 Å². The molecule has 0 spiro atoms. The van der Waals surface area contributed by atoms with E-state index in [4.69, 9.17) is 10.6 Å². The lowest BCUT2D eigenvalue weighted by Gasteiger charge is -2.09. The summed E-state index contributed by atoms with van der Waals surface area (Å²) in [6.45, 7) is 6.30. The lowest BCUT2D eigenvalue weighted by molar-refractivity contribution is -0.384. The number of benzene rings is 1. The van der Waals surface area contributed by atoms with Crippen LogP contribution >= 0.6 is 0 Å². The third kappa shape index (κ3) is 5.85. The summed E-state index contributed by atoms with van der Waals surface area (Å²) in [6.07, 6.45) is 0.834. The number of nitrogen functional groups attached to an aromatic ring is 1. The fraction of sp³-hybridized carbons (Fsp3) is 0.538. The van der Waals surface area contributed by atoms with Crippen LogP contribution in [0.25, 0.3) is 0 Å². The highest BCUT2D eigenvalue weighted by molar-refractivity contribution is 5.63. The van der Waals surface area contributed by atoms with Crippen LogP contribution in [0.2, 0.25) is 0 Å². The summed E-state index contributed by atoms with van der Waals surface area (Å²) in [5, 5.41) is 13.9. The first-order chi connectivity index (χ1) is 9.52. The summed E-state index contributed by atoms with van der Waals surface area (Å²) in [6, 6.07) is 4.59. The van der Waals surface area contributed by atoms with Crippen molar-refractivity contribution in [3.63, 3.8) is 0 Å². The van der Waals surface area contributed by atoms with E-state index in [1.54, 1.807) is 6.07 Å². The molecular formula is C13H22N4O3. The van der Waals surface area contributed by atoms with Gasteiger partial charge in [0.1, 0.15) is 0 Å². The molecule has 0 amide bonds. The van der Waals surface area contributed by atoms with E-state index in [0.717, 1.165) is 13.0 Å². The predicted octanol–water partition coefficient (Wildman–Crippen LogP) is 2.36. The average Bonchev–Trinajstić information content (AvgIpc) is 2.41. The molecule has 0 fully saturated rings. The van der Waals surface area contributed by atoms with Crippen molar-refractivity contribution in [2.75, 3.05) is 30.5 Å². The number of hydrazine groups is 1. The van der Waals surface area contributed by atoms with Crippen LogP contribution in [-0.4, -0.2) is 24.7 Å². The van der Waals surface area contributed by atoms with Crippen molar-refractivity contribution in [2.45, 2.75) is 20.3 Å². The number of ether oxygens (including phenoxy) is 1. The number of nitrogens with one attached hydrogen (secondary N) is 2. The molecule has 1 rings (SSSR count). The molecule has 0 aliphatic carbocycles. The van der Waals surface area contributed by atoms with Crippen LogP contribution in [0.1, 0.15) is 20.3 Å². The second-order valence-corrected chi connectivity index (χ2v) is 4.92. The fourth-order valence-corrected chi connectivity index (χ4v) is 1.63. The molecule has 0 aromatic heterocycles. The summed E-state index contributed by atoms with van der Waals surface area (Å²) in [7, 11) is 0. The molecule has 0 saturated heterocycles. The van der Waals surface area contributed by atoms with Crippen LogP contribution in [0.5, 0.6) is 0 Å². The smallest absolute Gasteiger partial charge is 0.273 e. The Kier molecular flexibility index (Phi) is 6.75. The van der Waals surface area contributed by atoms with E-state index >= 15 is 0 Å². The Balaban J connectivity index is 2.43. The molecule has 112 valence electrons. The van der Waals surface area contributed by atoms with Crippen molar-refractivity contribution >= 4 is 17.1 Å². The first-order valence-corrected chi connectivity index (χ1v) is 6.60. The lowest BCUT2D eigenvalue weighted by Crippen LogP contribution is -2.10. The third-order valence-corrected chi connectivity index (χ3v) is 2.54. The Morgan fingerprint density at radius 1 is 1.35 bits per heavy atom. The molecule has 0 unspecified atom stereocenters. The summed E-state index contributed by atoms with van der Waals surface area (Å²) in [4.78, 5) is 10.3. The SMILES string of the molecule is CC(C)COCCCNc1cc(NN)cc([N+](=O)[O-])c1. The first kappa shape index (κ1) is 16.2. The van der Waals surface area contributed by atoms with Gasteiger partial charge < -0.3 is 15.5 Å². The van der Waals surface area contributed by atoms with E-state index in [1.165, 1.54) is 12.1 Å². The number of non-ortho nitro benzene ring substituents is 1. The van der Waals surface area contributed by atoms with Gasteiger partial charge in [0.25, 0.3) is 5.69 Å². The molecule has 0 atom stereocenters. The largest absolute Gasteiger partial charge is 0.385 e. The second-order valence-electron chi connectivity index (χ2n) is 4.92. The number of anilines is 2. The van der Waals surface area contributed by atoms with Crippen LogP contribution in [-0.2, 0) is 4.74 Å². The monoisotopic (exact) mass is 282 g/mol. The zero-order valence-corrected chi connectivity index (χ0v) is 11.9. The van der Waals surface area contributed by atoms with Gasteiger partial charge in [0.2, 0.25) is 0 Å². The van der Waals surface area contributed by atoms with E-state index in [1.807, 2.05) is 0 Å². The van der Waals surface area contributed by atoms with Gasteiger partial charge in [-0.3, -0.25) is 16.0 Å². The minimum atomic E-state index is -0.447. The minimum absolute atomic E-state index is 0.000919. The molecule has 4 N–H and O–H groups in total. The van der Waals surface area contributed by atoms with Crippen LogP contribution < -0.4 is 16.6 Å². The predicted molar refractivity (Wildman–Crippen MR) is 79.7 cm³/mol. The van der Waals surface area contributed by atoms with Gasteiger partial charge >= 0.3 is 0 Å². The standard InChI is InChI=1S/C13H22N4O3/c1-10(2)9-20-5-3-4-15-11-6-12(16-14)8-13(7-11)17(18)19/h6-8,10,15-16H,3-5,9,14H2,1-2H3. The van der Waals surface area contributed by atoms with Crippen LogP contribution in [0.4, 0.5) is 17.1 Å². The number of nitrogens with two attached hydrogens (primary N) is 1. The van der Waals surface area contributed by atoms with Gasteiger partial charge in [0, 0.05) is 37.6 Å². The van der Waals surface area contributed by atoms with Crippen LogP contribution in [0.3, 0.4) is 0 Å². The highest BCUT2D eigenvalue weighted by Crippen LogP contribution is 2.23. The van der Waals surface area contributed by atoms with Gasteiger partial charge in [-0.25, -0.2) is 0 Å². The highest BCUT2D eigenvalue weighted by Gasteiger charge is 2.09. The number of nitro groups is 1. The molecule has 0 bridgehead atoms. The summed E-state index contributed by atoms with van der Waals surface area (Å²) >= 11 is 0. The second kappa shape index (κ2) is 8.34. The van der Waals surface area contributed by atoms with Crippen molar-refractivity contribution in [3.05, 3.63) is 28.3 Å². The molecule has 0 radical (unpaired) electrons. The molecule has 7 nitrogen and oxygen atoms in total. The third-order valence-electron chi connectivity index (χ3n) is 2.54. The van der Waals surface area contributed by atoms with E-state index < -0.39 is 4.92 Å². The Morgan fingerprint density at radius 2 is 2.05 bits per heavy atom. The lowest BCUT2D eigenvalue weighted by atomic mass is 10.2. The van der Waals surface area contributed by atoms with Crippen molar-refractivity contribution < 1.29 is 9.66 Å². The van der Waals surface area contributed by atoms with Gasteiger partial charge in [-0.2, -0.15) is 0 Å². The number of rotatable bonds is 9. The molecular weight excluding hydrogens is 260 g/mol. The summed E-state index contributed by atoms with van der Waals surface area (Å²) < 4.78 is 5.46. The van der Waals surface area contributed by atoms with Crippen molar-refractivity contribution in [1.29, 1.82) is 0 Å². The molecule has 20 heavy (non-hydrogen) atoms. The van der Waals surface area contributed by atoms with Crippen LogP contribution in [0.15, 0.2) is 18.2 Å². The maximum Gasteiger partial charge on any atom is 0.273 e. The quantitative estimate of drug-likeness (QED) is 0.278. The van der Waals surface area contributed by atoms with Gasteiger partial charge in [0.05, 0.1) is 10.6 Å². The minimum Gasteiger partial charge on any atom is -0.385 e. The maximum absolute atomic E-state index is 10.8. The van der Waals surface area contributed by atoms with E-state index in [0.29, 0.717) is 30.4 Å². The summed E-state index contributed by atoms with van der Waals surface area (Å²) in [5.41, 5.74) is 3.58. The van der Waals surface area contributed by atoms with Gasteiger partial charge in [-0.1, -0.05) is 13.8 Å². The van der Waals surface area contributed by atoms with Crippen molar-refractivity contribution in [1.82, 2.24) is 0 Å². The van der Waals surface area contributed by atoms with Crippen molar-refractivity contribution in [3.8, 4) is 0 Å². The van der Waals surface area contributed by atoms with Gasteiger partial charge in [-0.15, -0.1) is 0 Å². The van der Waals surface area contributed by atoms with E-state index in [2.05, 4.69) is 24.6 Å². The number of nitrogens with zero attached hydrogens (tertiary/aromatic N) is 1. The fourth-order valence-electron chi connectivity index (χ4n) is 1.63. The number of hydrogen-bond acceptors (Lipinski definition) is 6. The molecule has 0 aliphatic heterocycles. The molecule has 1 aromatic rings. The molecule has 7 heteroatoms. The zero-order valence-electron chi connectivity index (χ0n) is 11.9. The zero-order chi connectivity index (χ0) is 15.0. The molecule has 0 heterocycles. The Morgan fingerprint density at radius 3 is 2.65 bits per heavy atom. The first-order valence-electron chi connectivity index (χ1n) is 6.60. The number of nitro benzene ring substituents is 1. The Hall–Kier alpha value is -1.86. The molecule has 0 saturated carbocycles. The topological polar surface area (TPSA) is 102 Å². The van der Waals surface area contributed by atoms with Crippen LogP contribution in [0, 0.1) is 16.0 Å². The number of hydrogen-bond donors (Lipinski definition) is 3. The Labute approximate surface area is 118 Å². The summed E-state index contributed by atoms with van der Waals surface area (Å²) in [5.74, 6) is 5.82. The molecule has 1 aromatic carbocycles. The maximum atomic E-state index is 10.8. The molecule has 0 aliphatic rings. The van der Waals surface area contributed by atoms with Crippen molar-refractivity contribution in [2.24, 2.45) is 11.8 Å². The highest BCUT2D eigenvalue weighted by atomic mass is 16.6.